The van der Waals surface area contributed by atoms with Crippen LogP contribution in [0.15, 0.2) is 29.1 Å². The maximum Gasteiger partial charge on any atom is 0.253 e. The van der Waals surface area contributed by atoms with Crippen molar-refractivity contribution in [1.29, 1.82) is 0 Å². The molecule has 1 aromatic carbocycles. The number of nitrogens with two attached hydrogens (primary N) is 1. The Balaban J connectivity index is 2.73. The molecule has 3 N–H and O–H groups in total. The van der Waals surface area contributed by atoms with Crippen LogP contribution in [-0.2, 0) is 0 Å². The molecule has 1 aromatic heterocycles. The minimum atomic E-state index is -0.285. The quantitative estimate of drug-likeness (QED) is 0.758. The molecular weight excluding hydrogens is 234 g/mol. The minimum Gasteiger partial charge on any atom is -0.385 e. The van der Waals surface area contributed by atoms with E-state index < -0.39 is 0 Å². The fraction of sp³-hybridized carbons (Fsp3) is 0.167. The molecule has 2 aromatic rings. The van der Waals surface area contributed by atoms with Gasteiger partial charge in [-0.2, -0.15) is 0 Å². The monoisotopic (exact) mass is 247 g/mol. The van der Waals surface area contributed by atoms with Crippen LogP contribution in [0.1, 0.15) is 11.1 Å². The number of hydrogen-bond donors (Lipinski definition) is 2. The van der Waals surface area contributed by atoms with Crippen molar-refractivity contribution in [3.63, 3.8) is 0 Å². The lowest BCUT2D eigenvalue weighted by molar-refractivity contribution is 0.948. The Morgan fingerprint density at radius 2 is 1.94 bits per heavy atom. The van der Waals surface area contributed by atoms with E-state index in [9.17, 15) is 4.79 Å². The molecule has 88 valence electrons. The predicted octanol–water partition coefficient (Wildman–Crippen LogP) is 2.09. The lowest BCUT2D eigenvalue weighted by atomic mass is 10.1. The summed E-state index contributed by atoms with van der Waals surface area (Å²) in [5, 5.41) is 0. The molecule has 0 saturated heterocycles. The zero-order valence-electron chi connectivity index (χ0n) is 9.65. The highest BCUT2D eigenvalue weighted by Crippen LogP contribution is 2.16. The van der Waals surface area contributed by atoms with Crippen LogP contribution < -0.4 is 11.3 Å². The Labute approximate surface area is 104 Å². The normalized spacial score (nSPS) is 10.5. The van der Waals surface area contributed by atoms with Gasteiger partial charge in [-0.1, -0.05) is 6.07 Å². The summed E-state index contributed by atoms with van der Waals surface area (Å²) in [7, 11) is 0. The Hall–Kier alpha value is -1.88. The van der Waals surface area contributed by atoms with Gasteiger partial charge in [-0.05, 0) is 49.3 Å². The summed E-state index contributed by atoms with van der Waals surface area (Å²) in [4.78, 5) is 13.8. The number of benzene rings is 1. The molecule has 17 heavy (non-hydrogen) atoms. The van der Waals surface area contributed by atoms with E-state index in [1.54, 1.807) is 4.57 Å². The molecule has 0 aliphatic rings. The van der Waals surface area contributed by atoms with E-state index in [1.807, 2.05) is 32.0 Å². The summed E-state index contributed by atoms with van der Waals surface area (Å²) < 4.78 is 1.95. The molecule has 0 fully saturated rings. The molecule has 5 heteroatoms. The first kappa shape index (κ1) is 11.6. The number of aryl methyl sites for hydroxylation is 2. The summed E-state index contributed by atoms with van der Waals surface area (Å²) in [6, 6.07) is 7.23. The predicted molar refractivity (Wildman–Crippen MR) is 71.1 cm³/mol. The van der Waals surface area contributed by atoms with Crippen molar-refractivity contribution < 1.29 is 0 Å². The lowest BCUT2D eigenvalue weighted by Crippen LogP contribution is -2.15. The third-order valence-corrected chi connectivity index (χ3v) is 3.00. The van der Waals surface area contributed by atoms with Gasteiger partial charge in [-0.3, -0.25) is 14.3 Å². The topological polar surface area (TPSA) is 63.8 Å². The molecule has 0 atom stereocenters. The number of hydrogen-bond acceptors (Lipinski definition) is 3. The van der Waals surface area contributed by atoms with E-state index in [0.717, 1.165) is 11.3 Å². The summed E-state index contributed by atoms with van der Waals surface area (Å²) in [5.74, 6) is 0.335. The zero-order chi connectivity index (χ0) is 12.6. The van der Waals surface area contributed by atoms with Crippen LogP contribution in [0, 0.1) is 18.6 Å². The van der Waals surface area contributed by atoms with Crippen molar-refractivity contribution >= 4 is 18.0 Å². The van der Waals surface area contributed by atoms with Crippen LogP contribution in [0.3, 0.4) is 0 Å². The van der Waals surface area contributed by atoms with E-state index in [4.69, 9.17) is 18.0 Å². The molecule has 0 spiro atoms. The number of rotatable bonds is 1. The molecule has 0 aliphatic carbocycles. The molecule has 0 radical (unpaired) electrons. The molecular formula is C12H13N3OS. The van der Waals surface area contributed by atoms with Crippen LogP contribution in [0.5, 0.6) is 0 Å². The Bertz CT molecular complexity index is 685. The second-order valence-electron chi connectivity index (χ2n) is 3.97. The number of anilines is 1. The molecule has 0 saturated carbocycles. The van der Waals surface area contributed by atoms with Gasteiger partial charge >= 0.3 is 0 Å². The molecule has 0 aliphatic heterocycles. The SMILES string of the molecule is Cc1ccc(-n2c(N)cc(=O)[nH]c2=S)cc1C. The highest BCUT2D eigenvalue weighted by molar-refractivity contribution is 7.71. The molecule has 0 amide bonds. The van der Waals surface area contributed by atoms with E-state index in [-0.39, 0.29) is 5.56 Å². The molecule has 1 heterocycles. The first-order chi connectivity index (χ1) is 7.99. The van der Waals surface area contributed by atoms with Crippen molar-refractivity contribution in [2.75, 3.05) is 5.73 Å². The molecule has 4 nitrogen and oxygen atoms in total. The van der Waals surface area contributed by atoms with Gasteiger partial charge in [0.05, 0.1) is 5.69 Å². The zero-order valence-corrected chi connectivity index (χ0v) is 10.5. The van der Waals surface area contributed by atoms with Gasteiger partial charge in [-0.25, -0.2) is 0 Å². The number of H-pyrrole nitrogens is 1. The van der Waals surface area contributed by atoms with Crippen LogP contribution in [-0.4, -0.2) is 9.55 Å². The highest BCUT2D eigenvalue weighted by atomic mass is 32.1. The van der Waals surface area contributed by atoms with Crippen LogP contribution >= 0.6 is 12.2 Å². The Morgan fingerprint density at radius 1 is 1.24 bits per heavy atom. The van der Waals surface area contributed by atoms with Crippen molar-refractivity contribution in [2.45, 2.75) is 13.8 Å². The molecule has 2 rings (SSSR count). The van der Waals surface area contributed by atoms with E-state index in [0.29, 0.717) is 10.6 Å². The van der Waals surface area contributed by atoms with Crippen molar-refractivity contribution in [3.05, 3.63) is 50.5 Å². The lowest BCUT2D eigenvalue weighted by Gasteiger charge is -2.11. The fourth-order valence-electron chi connectivity index (χ4n) is 1.64. The summed E-state index contributed by atoms with van der Waals surface area (Å²) in [5.41, 5.74) is 8.73. The van der Waals surface area contributed by atoms with Gasteiger partial charge in [0.25, 0.3) is 5.56 Å². The highest BCUT2D eigenvalue weighted by Gasteiger charge is 2.04. The average molecular weight is 247 g/mol. The second-order valence-corrected chi connectivity index (χ2v) is 4.35. The Morgan fingerprint density at radius 3 is 2.53 bits per heavy atom. The smallest absolute Gasteiger partial charge is 0.253 e. The largest absolute Gasteiger partial charge is 0.385 e. The van der Waals surface area contributed by atoms with Crippen molar-refractivity contribution in [3.8, 4) is 5.69 Å². The van der Waals surface area contributed by atoms with Crippen molar-refractivity contribution in [1.82, 2.24) is 9.55 Å². The summed E-state index contributed by atoms with van der Waals surface area (Å²) >= 11 is 5.11. The van der Waals surface area contributed by atoms with Gasteiger partial charge < -0.3 is 5.73 Å². The van der Waals surface area contributed by atoms with Crippen LogP contribution in [0.2, 0.25) is 0 Å². The Kier molecular flexibility index (Phi) is 2.85. The van der Waals surface area contributed by atoms with Gasteiger partial charge in [0.2, 0.25) is 0 Å². The third-order valence-electron chi connectivity index (χ3n) is 2.72. The van der Waals surface area contributed by atoms with Gasteiger partial charge in [-0.15, -0.1) is 0 Å². The number of aromatic amines is 1. The van der Waals surface area contributed by atoms with Gasteiger partial charge in [0, 0.05) is 6.07 Å². The number of nitrogen functional groups attached to an aromatic ring is 1. The average Bonchev–Trinajstić information content (AvgIpc) is 2.21. The van der Waals surface area contributed by atoms with Gasteiger partial charge in [0.15, 0.2) is 4.77 Å². The third kappa shape index (κ3) is 2.14. The van der Waals surface area contributed by atoms with Crippen LogP contribution in [0.4, 0.5) is 5.82 Å². The standard InChI is InChI=1S/C12H13N3OS/c1-7-3-4-9(5-8(7)2)15-10(13)6-11(16)14-12(15)17/h3-6H,13H2,1-2H3,(H,14,16,17). The maximum absolute atomic E-state index is 11.2. The number of nitrogens with zero attached hydrogens (tertiary/aromatic N) is 1. The second kappa shape index (κ2) is 4.18. The van der Waals surface area contributed by atoms with E-state index in [2.05, 4.69) is 4.98 Å². The molecule has 0 unspecified atom stereocenters. The van der Waals surface area contributed by atoms with E-state index >= 15 is 0 Å². The first-order valence-corrected chi connectivity index (χ1v) is 5.59. The number of aromatic nitrogens is 2. The molecule has 0 bridgehead atoms. The van der Waals surface area contributed by atoms with Gasteiger partial charge in [0.1, 0.15) is 5.82 Å². The van der Waals surface area contributed by atoms with E-state index in [1.165, 1.54) is 11.6 Å². The minimum absolute atomic E-state index is 0.285. The fourth-order valence-corrected chi connectivity index (χ4v) is 1.96. The first-order valence-electron chi connectivity index (χ1n) is 5.18. The van der Waals surface area contributed by atoms with Crippen LogP contribution in [0.25, 0.3) is 5.69 Å². The number of nitrogens with one attached hydrogen (secondary N) is 1. The maximum atomic E-state index is 11.2. The summed E-state index contributed by atoms with van der Waals surface area (Å²) in [6.07, 6.45) is 0. The summed E-state index contributed by atoms with van der Waals surface area (Å²) in [6.45, 7) is 4.05. The van der Waals surface area contributed by atoms with Crippen molar-refractivity contribution in [2.24, 2.45) is 0 Å².